The van der Waals surface area contributed by atoms with E-state index in [1.165, 1.54) is 6.07 Å². The molecule has 28 heavy (non-hydrogen) atoms. The minimum absolute atomic E-state index is 0.0832. The first-order chi connectivity index (χ1) is 12.9. The van der Waals surface area contributed by atoms with Crippen LogP contribution in [0.4, 0.5) is 18.0 Å². The van der Waals surface area contributed by atoms with Crippen molar-refractivity contribution in [1.82, 2.24) is 4.90 Å². The summed E-state index contributed by atoms with van der Waals surface area (Å²) in [7, 11) is 0. The van der Waals surface area contributed by atoms with E-state index in [1.807, 2.05) is 20.8 Å². The average Bonchev–Trinajstić information content (AvgIpc) is 2.84. The van der Waals surface area contributed by atoms with Gasteiger partial charge in [0.15, 0.2) is 0 Å². The maximum absolute atomic E-state index is 12.9. The number of hydrogen-bond acceptors (Lipinski definition) is 3. The number of aryl methyl sites for hydroxylation is 1. The van der Waals surface area contributed by atoms with Crippen molar-refractivity contribution in [1.29, 1.82) is 0 Å². The number of rotatable bonds is 3. The maximum Gasteiger partial charge on any atom is 0.416 e. The Kier molecular flexibility index (Phi) is 5.42. The fourth-order valence-electron chi connectivity index (χ4n) is 4.42. The minimum atomic E-state index is -4.37. The van der Waals surface area contributed by atoms with Crippen LogP contribution >= 0.6 is 0 Å². The van der Waals surface area contributed by atoms with E-state index in [0.717, 1.165) is 25.0 Å². The van der Waals surface area contributed by atoms with Gasteiger partial charge in [-0.1, -0.05) is 18.2 Å². The van der Waals surface area contributed by atoms with Gasteiger partial charge in [-0.15, -0.1) is 0 Å². The van der Waals surface area contributed by atoms with E-state index in [9.17, 15) is 23.1 Å². The molecule has 0 saturated carbocycles. The quantitative estimate of drug-likeness (QED) is 0.784. The number of piperidine rings is 1. The summed E-state index contributed by atoms with van der Waals surface area (Å²) in [6, 6.07) is 5.09. The number of nitrogens with zero attached hydrogens (tertiary/aromatic N) is 1. The van der Waals surface area contributed by atoms with Gasteiger partial charge in [0, 0.05) is 12.1 Å². The van der Waals surface area contributed by atoms with Crippen molar-refractivity contribution in [2.75, 3.05) is 0 Å². The zero-order valence-electron chi connectivity index (χ0n) is 16.6. The maximum atomic E-state index is 12.9. The lowest BCUT2D eigenvalue weighted by Gasteiger charge is -2.44. The summed E-state index contributed by atoms with van der Waals surface area (Å²) in [5.41, 5.74) is -1.66. The average molecular weight is 399 g/mol. The first-order valence-corrected chi connectivity index (χ1v) is 9.76. The molecule has 1 aromatic carbocycles. The van der Waals surface area contributed by atoms with Gasteiger partial charge in [-0.2, -0.15) is 13.2 Å². The molecule has 3 rings (SSSR count). The molecule has 1 aromatic rings. The lowest BCUT2D eigenvalue weighted by atomic mass is 9.82. The first kappa shape index (κ1) is 21.0. The topological polar surface area (TPSA) is 49.8 Å². The highest BCUT2D eigenvalue weighted by molar-refractivity contribution is 5.69. The van der Waals surface area contributed by atoms with Crippen LogP contribution < -0.4 is 0 Å². The molecule has 2 fully saturated rings. The molecular formula is C21H28F3NO3. The Morgan fingerprint density at radius 3 is 2.36 bits per heavy atom. The van der Waals surface area contributed by atoms with Crippen molar-refractivity contribution in [2.45, 2.75) is 88.8 Å². The van der Waals surface area contributed by atoms with Crippen LogP contribution in [0.15, 0.2) is 24.3 Å². The lowest BCUT2D eigenvalue weighted by molar-refractivity contribution is -0.137. The van der Waals surface area contributed by atoms with Crippen LogP contribution in [0.1, 0.15) is 64.0 Å². The Balaban J connectivity index is 1.64. The molecule has 0 spiro atoms. The standard InChI is InChI=1S/C21H28F3NO3/c1-19(2,3)28-18(26)25-16-7-8-17(25)13-20(27,12-16)10-9-14-5-4-6-15(11-14)21(22,23)24/h4-6,11,16-17,27H,7-10,12-13H2,1-3H3. The SMILES string of the molecule is CC(C)(C)OC(=O)N1C2CCC1CC(O)(CCc1cccc(C(F)(F)F)c1)C2. The summed E-state index contributed by atoms with van der Waals surface area (Å²) in [6.45, 7) is 5.46. The van der Waals surface area contributed by atoms with Gasteiger partial charge in [-0.25, -0.2) is 4.79 Å². The Bertz CT molecular complexity index is 712. The van der Waals surface area contributed by atoms with Gasteiger partial charge in [0.2, 0.25) is 0 Å². The second-order valence-electron chi connectivity index (χ2n) is 9.10. The summed E-state index contributed by atoms with van der Waals surface area (Å²) >= 11 is 0. The van der Waals surface area contributed by atoms with Crippen LogP contribution in [0.3, 0.4) is 0 Å². The van der Waals surface area contributed by atoms with Crippen molar-refractivity contribution >= 4 is 6.09 Å². The Morgan fingerprint density at radius 2 is 1.82 bits per heavy atom. The van der Waals surface area contributed by atoms with Crippen LogP contribution in [-0.2, 0) is 17.3 Å². The largest absolute Gasteiger partial charge is 0.444 e. The van der Waals surface area contributed by atoms with Crippen LogP contribution in [0.2, 0.25) is 0 Å². The highest BCUT2D eigenvalue weighted by Gasteiger charge is 2.50. The number of benzene rings is 1. The summed E-state index contributed by atoms with van der Waals surface area (Å²) < 4.78 is 44.2. The van der Waals surface area contributed by atoms with Crippen molar-refractivity contribution in [2.24, 2.45) is 0 Å². The summed E-state index contributed by atoms with van der Waals surface area (Å²) in [4.78, 5) is 14.3. The van der Waals surface area contributed by atoms with Gasteiger partial charge >= 0.3 is 12.3 Å². The van der Waals surface area contributed by atoms with E-state index in [1.54, 1.807) is 11.0 Å². The number of fused-ring (bicyclic) bond motifs is 2. The summed E-state index contributed by atoms with van der Waals surface area (Å²) in [5, 5.41) is 11.1. The Morgan fingerprint density at radius 1 is 1.21 bits per heavy atom. The molecule has 7 heteroatoms. The van der Waals surface area contributed by atoms with E-state index < -0.39 is 22.9 Å². The Hall–Kier alpha value is -1.76. The molecule has 2 saturated heterocycles. The third-order valence-electron chi connectivity index (χ3n) is 5.59. The molecular weight excluding hydrogens is 371 g/mol. The van der Waals surface area contributed by atoms with Gasteiger partial charge in [0.25, 0.3) is 0 Å². The monoisotopic (exact) mass is 399 g/mol. The zero-order valence-corrected chi connectivity index (χ0v) is 16.6. The van der Waals surface area contributed by atoms with Gasteiger partial charge in [-0.05, 0) is 70.9 Å². The van der Waals surface area contributed by atoms with Gasteiger partial charge < -0.3 is 14.7 Å². The highest BCUT2D eigenvalue weighted by Crippen LogP contribution is 2.43. The molecule has 2 aliphatic heterocycles. The first-order valence-electron chi connectivity index (χ1n) is 9.76. The fraction of sp³-hybridized carbons (Fsp3) is 0.667. The number of halogens is 3. The molecule has 0 aliphatic carbocycles. The van der Waals surface area contributed by atoms with E-state index in [0.29, 0.717) is 31.2 Å². The van der Waals surface area contributed by atoms with Crippen LogP contribution in [0.5, 0.6) is 0 Å². The van der Waals surface area contributed by atoms with Crippen molar-refractivity contribution in [3.63, 3.8) is 0 Å². The Labute approximate surface area is 163 Å². The molecule has 156 valence electrons. The zero-order chi connectivity index (χ0) is 20.7. The number of hydrogen-bond donors (Lipinski definition) is 1. The number of carbonyl (C=O) groups is 1. The molecule has 2 unspecified atom stereocenters. The third kappa shape index (κ3) is 4.80. The molecule has 1 N–H and O–H groups in total. The predicted octanol–water partition coefficient (Wildman–Crippen LogP) is 4.93. The van der Waals surface area contributed by atoms with E-state index in [-0.39, 0.29) is 18.2 Å². The number of carbonyl (C=O) groups excluding carboxylic acids is 1. The lowest BCUT2D eigenvalue weighted by Crippen LogP contribution is -2.54. The molecule has 0 radical (unpaired) electrons. The number of alkyl halides is 3. The normalized spacial score (nSPS) is 27.8. The molecule has 2 aliphatic rings. The highest BCUT2D eigenvalue weighted by atomic mass is 19.4. The van der Waals surface area contributed by atoms with E-state index in [2.05, 4.69) is 0 Å². The summed E-state index contributed by atoms with van der Waals surface area (Å²) in [6.07, 6.45) is -1.48. The third-order valence-corrected chi connectivity index (χ3v) is 5.59. The fourth-order valence-corrected chi connectivity index (χ4v) is 4.42. The molecule has 1 amide bonds. The smallest absolute Gasteiger partial charge is 0.416 e. The van der Waals surface area contributed by atoms with Gasteiger partial charge in [0.1, 0.15) is 5.60 Å². The van der Waals surface area contributed by atoms with Crippen LogP contribution in [0.25, 0.3) is 0 Å². The van der Waals surface area contributed by atoms with E-state index in [4.69, 9.17) is 4.74 Å². The molecule has 2 heterocycles. The number of aliphatic hydroxyl groups is 1. The van der Waals surface area contributed by atoms with Gasteiger partial charge in [-0.3, -0.25) is 0 Å². The molecule has 2 atom stereocenters. The predicted molar refractivity (Wildman–Crippen MR) is 98.8 cm³/mol. The molecule has 4 nitrogen and oxygen atoms in total. The van der Waals surface area contributed by atoms with Crippen LogP contribution in [-0.4, -0.2) is 39.4 Å². The minimum Gasteiger partial charge on any atom is -0.444 e. The van der Waals surface area contributed by atoms with Crippen LogP contribution in [0, 0.1) is 0 Å². The summed E-state index contributed by atoms with van der Waals surface area (Å²) in [5.74, 6) is 0. The second-order valence-corrected chi connectivity index (χ2v) is 9.10. The number of ether oxygens (including phenoxy) is 1. The van der Waals surface area contributed by atoms with Crippen molar-refractivity contribution in [3.05, 3.63) is 35.4 Å². The van der Waals surface area contributed by atoms with Crippen molar-refractivity contribution < 1.29 is 27.8 Å². The number of amides is 1. The van der Waals surface area contributed by atoms with E-state index >= 15 is 0 Å². The molecule has 2 bridgehead atoms. The molecule has 0 aromatic heterocycles. The van der Waals surface area contributed by atoms with Gasteiger partial charge in [0.05, 0.1) is 11.2 Å². The van der Waals surface area contributed by atoms with Crippen molar-refractivity contribution in [3.8, 4) is 0 Å². The second kappa shape index (κ2) is 7.25.